The van der Waals surface area contributed by atoms with Crippen LogP contribution in [0.25, 0.3) is 6.08 Å². The van der Waals surface area contributed by atoms with Crippen molar-refractivity contribution in [1.82, 2.24) is 0 Å². The number of ether oxygens (including phenoxy) is 2. The summed E-state index contributed by atoms with van der Waals surface area (Å²) in [6.45, 7) is 0. The van der Waals surface area contributed by atoms with Crippen LogP contribution in [-0.4, -0.2) is 19.0 Å². The first-order valence-electron chi connectivity index (χ1n) is 9.13. The summed E-state index contributed by atoms with van der Waals surface area (Å²) in [6.07, 6.45) is 1.46. The summed E-state index contributed by atoms with van der Waals surface area (Å²) in [5, 5.41) is 12.0. The average Bonchev–Trinajstić information content (AvgIpc) is 2.80. The quantitative estimate of drug-likeness (QED) is 0.228. The van der Waals surface area contributed by atoms with E-state index in [2.05, 4.69) is 21.2 Å². The Morgan fingerprint density at radius 1 is 0.935 bits per heavy atom. The smallest absolute Gasteiger partial charge is 0.343 e. The van der Waals surface area contributed by atoms with Crippen molar-refractivity contribution in [2.24, 2.45) is 0 Å². The lowest BCUT2D eigenvalue weighted by Gasteiger charge is -2.06. The van der Waals surface area contributed by atoms with E-state index in [4.69, 9.17) is 9.47 Å². The number of hydrogen-bond donors (Lipinski definition) is 1. The van der Waals surface area contributed by atoms with Crippen LogP contribution in [0, 0.1) is 11.3 Å². The van der Waals surface area contributed by atoms with Gasteiger partial charge in [-0.1, -0.05) is 28.1 Å². The number of rotatable bonds is 6. The minimum absolute atomic E-state index is 0.0501. The van der Waals surface area contributed by atoms with Gasteiger partial charge in [-0.05, 0) is 72.3 Å². The number of nitrogens with zero attached hydrogens (tertiary/aromatic N) is 1. The second-order valence-corrected chi connectivity index (χ2v) is 7.23. The van der Waals surface area contributed by atoms with Crippen molar-refractivity contribution in [1.29, 1.82) is 5.26 Å². The zero-order valence-corrected chi connectivity index (χ0v) is 18.0. The van der Waals surface area contributed by atoms with Gasteiger partial charge in [0, 0.05) is 10.2 Å². The SMILES string of the molecule is COc1ccc(C(=O)Oc2ccc(/C=C(/C#N)C(=O)Nc3ccc(Br)cc3)cc2)cc1. The van der Waals surface area contributed by atoms with Crippen molar-refractivity contribution in [2.45, 2.75) is 0 Å². The zero-order valence-electron chi connectivity index (χ0n) is 16.5. The largest absolute Gasteiger partial charge is 0.497 e. The van der Waals surface area contributed by atoms with Gasteiger partial charge in [0.2, 0.25) is 0 Å². The number of nitrogens with one attached hydrogen (secondary N) is 1. The number of amides is 1. The van der Waals surface area contributed by atoms with E-state index in [1.807, 2.05) is 6.07 Å². The first-order chi connectivity index (χ1) is 15.0. The Morgan fingerprint density at radius 2 is 1.55 bits per heavy atom. The fraction of sp³-hybridized carbons (Fsp3) is 0.0417. The van der Waals surface area contributed by atoms with Gasteiger partial charge in [0.15, 0.2) is 0 Å². The molecule has 3 aromatic carbocycles. The lowest BCUT2D eigenvalue weighted by Crippen LogP contribution is -2.13. The molecule has 0 saturated carbocycles. The van der Waals surface area contributed by atoms with Crippen LogP contribution < -0.4 is 14.8 Å². The summed E-state index contributed by atoms with van der Waals surface area (Å²) in [4.78, 5) is 24.6. The molecule has 0 radical (unpaired) electrons. The van der Waals surface area contributed by atoms with E-state index >= 15 is 0 Å². The number of halogens is 1. The highest BCUT2D eigenvalue weighted by Crippen LogP contribution is 2.19. The van der Waals surface area contributed by atoms with E-state index < -0.39 is 11.9 Å². The molecular formula is C24H17BrN2O4. The molecule has 7 heteroatoms. The maximum absolute atomic E-state index is 12.4. The molecule has 0 saturated heterocycles. The van der Waals surface area contributed by atoms with Crippen LogP contribution in [0.15, 0.2) is 82.8 Å². The van der Waals surface area contributed by atoms with Crippen LogP contribution in [0.3, 0.4) is 0 Å². The summed E-state index contributed by atoms with van der Waals surface area (Å²) >= 11 is 3.33. The maximum atomic E-state index is 12.4. The molecule has 154 valence electrons. The topological polar surface area (TPSA) is 88.4 Å². The highest BCUT2D eigenvalue weighted by Gasteiger charge is 2.11. The molecule has 0 bridgehead atoms. The van der Waals surface area contributed by atoms with E-state index in [1.165, 1.54) is 6.08 Å². The maximum Gasteiger partial charge on any atom is 0.343 e. The first kappa shape index (κ1) is 21.8. The van der Waals surface area contributed by atoms with E-state index in [0.29, 0.717) is 28.3 Å². The lowest BCUT2D eigenvalue weighted by atomic mass is 10.1. The Bertz CT molecular complexity index is 1150. The Hall–Kier alpha value is -3.89. The van der Waals surface area contributed by atoms with Gasteiger partial charge in [0.25, 0.3) is 5.91 Å². The van der Waals surface area contributed by atoms with Gasteiger partial charge < -0.3 is 14.8 Å². The lowest BCUT2D eigenvalue weighted by molar-refractivity contribution is -0.112. The normalized spacial score (nSPS) is 10.7. The van der Waals surface area contributed by atoms with E-state index in [0.717, 1.165) is 4.47 Å². The fourth-order valence-corrected chi connectivity index (χ4v) is 2.84. The van der Waals surface area contributed by atoms with E-state index in [-0.39, 0.29) is 5.57 Å². The predicted molar refractivity (Wildman–Crippen MR) is 121 cm³/mol. The van der Waals surface area contributed by atoms with Crippen molar-refractivity contribution in [3.63, 3.8) is 0 Å². The van der Waals surface area contributed by atoms with Crippen molar-refractivity contribution in [3.8, 4) is 17.6 Å². The molecule has 0 fully saturated rings. The number of anilines is 1. The van der Waals surface area contributed by atoms with Gasteiger partial charge in [0.05, 0.1) is 12.7 Å². The summed E-state index contributed by atoms with van der Waals surface area (Å²) < 4.78 is 11.3. The van der Waals surface area contributed by atoms with Crippen molar-refractivity contribution < 1.29 is 19.1 Å². The minimum atomic E-state index is -0.514. The highest BCUT2D eigenvalue weighted by atomic mass is 79.9. The van der Waals surface area contributed by atoms with Crippen molar-refractivity contribution >= 4 is 39.6 Å². The van der Waals surface area contributed by atoms with Crippen LogP contribution >= 0.6 is 15.9 Å². The molecule has 3 rings (SSSR count). The average molecular weight is 477 g/mol. The van der Waals surface area contributed by atoms with E-state index in [1.54, 1.807) is 79.9 Å². The molecule has 0 aliphatic rings. The van der Waals surface area contributed by atoms with Gasteiger partial charge in [-0.2, -0.15) is 5.26 Å². The Morgan fingerprint density at radius 3 is 2.13 bits per heavy atom. The summed E-state index contributed by atoms with van der Waals surface area (Å²) in [5.41, 5.74) is 1.54. The number of hydrogen-bond acceptors (Lipinski definition) is 5. The number of carbonyl (C=O) groups excluding carboxylic acids is 2. The molecule has 0 unspecified atom stereocenters. The predicted octanol–water partition coefficient (Wildman–Crippen LogP) is 5.22. The Labute approximate surface area is 187 Å². The molecule has 0 heterocycles. The number of nitriles is 1. The number of benzene rings is 3. The Balaban J connectivity index is 1.66. The number of esters is 1. The molecule has 1 amide bonds. The van der Waals surface area contributed by atoms with Gasteiger partial charge >= 0.3 is 5.97 Å². The fourth-order valence-electron chi connectivity index (χ4n) is 2.57. The minimum Gasteiger partial charge on any atom is -0.497 e. The molecule has 0 aliphatic heterocycles. The monoisotopic (exact) mass is 476 g/mol. The summed E-state index contributed by atoms with van der Waals surface area (Å²) in [5.74, 6) is -0.0293. The Kier molecular flexibility index (Phi) is 7.20. The molecular weight excluding hydrogens is 460 g/mol. The van der Waals surface area contributed by atoms with Gasteiger partial charge in [-0.15, -0.1) is 0 Å². The van der Waals surface area contributed by atoms with Gasteiger partial charge in [-0.3, -0.25) is 4.79 Å². The first-order valence-corrected chi connectivity index (χ1v) is 9.93. The van der Waals surface area contributed by atoms with Gasteiger partial charge in [-0.25, -0.2) is 4.79 Å². The molecule has 0 aromatic heterocycles. The van der Waals surface area contributed by atoms with Crippen LogP contribution in [0.2, 0.25) is 0 Å². The molecule has 0 aliphatic carbocycles. The highest BCUT2D eigenvalue weighted by molar-refractivity contribution is 9.10. The third-order valence-electron chi connectivity index (χ3n) is 4.19. The molecule has 0 spiro atoms. The van der Waals surface area contributed by atoms with Crippen molar-refractivity contribution in [2.75, 3.05) is 12.4 Å². The number of carbonyl (C=O) groups is 2. The van der Waals surface area contributed by atoms with Gasteiger partial charge in [0.1, 0.15) is 23.1 Å². The second-order valence-electron chi connectivity index (χ2n) is 6.32. The van der Waals surface area contributed by atoms with Crippen molar-refractivity contribution in [3.05, 3.63) is 94.0 Å². The van der Waals surface area contributed by atoms with Crippen LogP contribution in [-0.2, 0) is 4.79 Å². The third-order valence-corrected chi connectivity index (χ3v) is 4.72. The summed E-state index contributed by atoms with van der Waals surface area (Å²) in [7, 11) is 1.55. The molecule has 0 atom stereocenters. The molecule has 1 N–H and O–H groups in total. The van der Waals surface area contributed by atoms with Crippen LogP contribution in [0.5, 0.6) is 11.5 Å². The number of methoxy groups -OCH3 is 1. The third kappa shape index (κ3) is 6.04. The van der Waals surface area contributed by atoms with E-state index in [9.17, 15) is 14.9 Å². The summed E-state index contributed by atoms with van der Waals surface area (Å²) in [6, 6.07) is 22.0. The molecule has 3 aromatic rings. The zero-order chi connectivity index (χ0) is 22.2. The second kappa shape index (κ2) is 10.2. The van der Waals surface area contributed by atoms with Crippen LogP contribution in [0.4, 0.5) is 5.69 Å². The standard InChI is InChI=1S/C24H17BrN2O4/c1-30-21-12-4-17(5-13-21)24(29)31-22-10-2-16(3-11-22)14-18(15-26)23(28)27-20-8-6-19(25)7-9-20/h2-14H,1H3,(H,27,28)/b18-14-. The molecule has 31 heavy (non-hydrogen) atoms. The van der Waals surface area contributed by atoms with Crippen LogP contribution in [0.1, 0.15) is 15.9 Å². The molecule has 6 nitrogen and oxygen atoms in total.